The topological polar surface area (TPSA) is 0 Å². The van der Waals surface area contributed by atoms with Crippen LogP contribution in [0.1, 0.15) is 29.9 Å². The van der Waals surface area contributed by atoms with Gasteiger partial charge in [-0.15, -0.1) is 0 Å². The second-order valence-electron chi connectivity index (χ2n) is 6.89. The Kier molecular flexibility index (Phi) is 4.10. The Labute approximate surface area is 132 Å². The van der Waals surface area contributed by atoms with E-state index in [2.05, 4.69) is 69.7 Å². The fraction of sp³-hybridized carbons (Fsp3) is 0.368. The minimum absolute atomic E-state index is 0.560. The molecular formula is C19H24NS+. The summed E-state index contributed by atoms with van der Waals surface area (Å²) in [4.78, 5) is 2.87. The quantitative estimate of drug-likeness (QED) is 0.733. The van der Waals surface area contributed by atoms with Gasteiger partial charge in [-0.25, -0.2) is 0 Å². The third kappa shape index (κ3) is 3.33. The van der Waals surface area contributed by atoms with Gasteiger partial charge in [-0.3, -0.25) is 0 Å². The van der Waals surface area contributed by atoms with Crippen LogP contribution >= 0.6 is 11.8 Å². The Bertz CT molecular complexity index is 582. The van der Waals surface area contributed by atoms with E-state index in [0.29, 0.717) is 5.92 Å². The van der Waals surface area contributed by atoms with Gasteiger partial charge in [-0.2, -0.15) is 0 Å². The predicted molar refractivity (Wildman–Crippen MR) is 91.0 cm³/mol. The van der Waals surface area contributed by atoms with E-state index in [-0.39, 0.29) is 0 Å². The maximum absolute atomic E-state index is 2.31. The fourth-order valence-corrected chi connectivity index (χ4v) is 4.28. The Morgan fingerprint density at radius 1 is 0.857 bits per heavy atom. The third-order valence-corrected chi connectivity index (χ3v) is 5.31. The van der Waals surface area contributed by atoms with E-state index in [1.54, 1.807) is 0 Å². The van der Waals surface area contributed by atoms with Crippen molar-refractivity contribution in [1.29, 1.82) is 0 Å². The summed E-state index contributed by atoms with van der Waals surface area (Å²) in [6, 6.07) is 17.8. The highest BCUT2D eigenvalue weighted by Gasteiger charge is 2.25. The van der Waals surface area contributed by atoms with E-state index >= 15 is 0 Å². The molecule has 3 rings (SSSR count). The molecule has 0 fully saturated rings. The first-order chi connectivity index (χ1) is 10.0. The first kappa shape index (κ1) is 14.7. The van der Waals surface area contributed by atoms with Gasteiger partial charge in [-0.1, -0.05) is 48.2 Å². The van der Waals surface area contributed by atoms with Crippen molar-refractivity contribution in [3.8, 4) is 0 Å². The Balaban J connectivity index is 1.88. The highest BCUT2D eigenvalue weighted by molar-refractivity contribution is 7.99. The molecule has 0 spiro atoms. The average Bonchev–Trinajstić information content (AvgIpc) is 2.45. The van der Waals surface area contributed by atoms with Crippen LogP contribution in [0.3, 0.4) is 0 Å². The van der Waals surface area contributed by atoms with Crippen LogP contribution in [0, 0.1) is 0 Å². The molecule has 2 aromatic carbocycles. The van der Waals surface area contributed by atoms with Crippen molar-refractivity contribution in [3.63, 3.8) is 0 Å². The summed E-state index contributed by atoms with van der Waals surface area (Å²) in [6.07, 6.45) is 2.51. The number of quaternary nitrogens is 1. The van der Waals surface area contributed by atoms with Crippen molar-refractivity contribution >= 4 is 11.8 Å². The summed E-state index contributed by atoms with van der Waals surface area (Å²) in [5.74, 6) is 0.560. The van der Waals surface area contributed by atoms with Gasteiger partial charge in [-0.05, 0) is 36.1 Å². The maximum atomic E-state index is 2.31. The summed E-state index contributed by atoms with van der Waals surface area (Å²) < 4.78 is 1.05. The minimum atomic E-state index is 0.560. The summed E-state index contributed by atoms with van der Waals surface area (Å²) >= 11 is 1.92. The van der Waals surface area contributed by atoms with Gasteiger partial charge in [0.25, 0.3) is 0 Å². The zero-order valence-corrected chi connectivity index (χ0v) is 14.0. The normalized spacial score (nSPS) is 14.6. The highest BCUT2D eigenvalue weighted by atomic mass is 32.2. The van der Waals surface area contributed by atoms with Gasteiger partial charge in [0.15, 0.2) is 0 Å². The lowest BCUT2D eigenvalue weighted by atomic mass is 9.87. The molecular weight excluding hydrogens is 274 g/mol. The molecule has 0 N–H and O–H groups in total. The van der Waals surface area contributed by atoms with Crippen molar-refractivity contribution < 1.29 is 4.48 Å². The predicted octanol–water partition coefficient (Wildman–Crippen LogP) is 4.77. The third-order valence-electron chi connectivity index (χ3n) is 4.13. The summed E-state index contributed by atoms with van der Waals surface area (Å²) in [5.41, 5.74) is 3.03. The van der Waals surface area contributed by atoms with Gasteiger partial charge < -0.3 is 4.48 Å². The van der Waals surface area contributed by atoms with Crippen LogP contribution in [-0.4, -0.2) is 32.2 Å². The smallest absolute Gasteiger partial charge is 0.0780 e. The maximum Gasteiger partial charge on any atom is 0.0780 e. The average molecular weight is 298 g/mol. The van der Waals surface area contributed by atoms with E-state index in [1.165, 1.54) is 40.3 Å². The summed E-state index contributed by atoms with van der Waals surface area (Å²) in [6.45, 7) is 1.23. The van der Waals surface area contributed by atoms with Gasteiger partial charge >= 0.3 is 0 Å². The number of fused-ring (bicyclic) bond motifs is 2. The molecule has 0 amide bonds. The Morgan fingerprint density at radius 3 is 1.90 bits per heavy atom. The lowest BCUT2D eigenvalue weighted by molar-refractivity contribution is -0.870. The van der Waals surface area contributed by atoms with Crippen LogP contribution in [-0.2, 0) is 0 Å². The van der Waals surface area contributed by atoms with E-state index < -0.39 is 0 Å². The molecule has 0 unspecified atom stereocenters. The second-order valence-corrected chi connectivity index (χ2v) is 7.97. The van der Waals surface area contributed by atoms with Crippen molar-refractivity contribution in [3.05, 3.63) is 59.7 Å². The van der Waals surface area contributed by atoms with Crippen molar-refractivity contribution in [1.82, 2.24) is 0 Å². The minimum Gasteiger partial charge on any atom is -0.331 e. The SMILES string of the molecule is C[N+](C)(C)CCCC1c2ccccc2Sc2ccccc21. The largest absolute Gasteiger partial charge is 0.331 e. The van der Waals surface area contributed by atoms with Crippen LogP contribution in [0.4, 0.5) is 0 Å². The lowest BCUT2D eigenvalue weighted by Gasteiger charge is -2.29. The molecule has 2 aromatic rings. The Hall–Kier alpha value is -1.25. The van der Waals surface area contributed by atoms with Gasteiger partial charge in [0.1, 0.15) is 0 Å². The molecule has 0 bridgehead atoms. The molecule has 0 saturated heterocycles. The molecule has 0 aliphatic carbocycles. The molecule has 21 heavy (non-hydrogen) atoms. The zero-order chi connectivity index (χ0) is 14.9. The monoisotopic (exact) mass is 298 g/mol. The summed E-state index contributed by atoms with van der Waals surface area (Å²) in [5, 5.41) is 0. The van der Waals surface area contributed by atoms with Crippen LogP contribution in [0.2, 0.25) is 0 Å². The van der Waals surface area contributed by atoms with Crippen LogP contribution in [0.25, 0.3) is 0 Å². The van der Waals surface area contributed by atoms with Gasteiger partial charge in [0, 0.05) is 15.7 Å². The van der Waals surface area contributed by atoms with Crippen LogP contribution in [0.15, 0.2) is 58.3 Å². The number of nitrogens with zero attached hydrogens (tertiary/aromatic N) is 1. The molecule has 1 nitrogen and oxygen atoms in total. The first-order valence-electron chi connectivity index (χ1n) is 7.71. The first-order valence-corrected chi connectivity index (χ1v) is 8.52. The highest BCUT2D eigenvalue weighted by Crippen LogP contribution is 2.47. The molecule has 0 atom stereocenters. The molecule has 1 aliphatic rings. The number of hydrogen-bond donors (Lipinski definition) is 0. The number of rotatable bonds is 4. The molecule has 110 valence electrons. The van der Waals surface area contributed by atoms with Crippen molar-refractivity contribution in [2.45, 2.75) is 28.6 Å². The standard InChI is InChI=1S/C19H24NS/c1-20(2,3)14-8-11-15-16-9-4-6-12-18(16)21-19-13-7-5-10-17(15)19/h4-7,9-10,12-13,15H,8,11,14H2,1-3H3/q+1. The van der Waals surface area contributed by atoms with Gasteiger partial charge in [0.2, 0.25) is 0 Å². The van der Waals surface area contributed by atoms with E-state index in [0.717, 1.165) is 4.48 Å². The zero-order valence-electron chi connectivity index (χ0n) is 13.2. The van der Waals surface area contributed by atoms with E-state index in [4.69, 9.17) is 0 Å². The number of hydrogen-bond acceptors (Lipinski definition) is 1. The van der Waals surface area contributed by atoms with Crippen molar-refractivity contribution in [2.75, 3.05) is 27.7 Å². The van der Waals surface area contributed by atoms with Crippen molar-refractivity contribution in [2.24, 2.45) is 0 Å². The van der Waals surface area contributed by atoms with E-state index in [9.17, 15) is 0 Å². The number of benzene rings is 2. The van der Waals surface area contributed by atoms with E-state index in [1.807, 2.05) is 11.8 Å². The molecule has 0 aromatic heterocycles. The lowest BCUT2D eigenvalue weighted by Crippen LogP contribution is -2.35. The Morgan fingerprint density at radius 2 is 1.38 bits per heavy atom. The molecule has 0 saturated carbocycles. The molecule has 0 radical (unpaired) electrons. The summed E-state index contributed by atoms with van der Waals surface area (Å²) in [7, 11) is 6.83. The molecule has 1 aliphatic heterocycles. The molecule has 2 heteroatoms. The molecule has 1 heterocycles. The van der Waals surface area contributed by atoms with Crippen LogP contribution in [0.5, 0.6) is 0 Å². The second kappa shape index (κ2) is 5.86. The van der Waals surface area contributed by atoms with Crippen LogP contribution < -0.4 is 0 Å². The fourth-order valence-electron chi connectivity index (χ4n) is 3.09. The van der Waals surface area contributed by atoms with Gasteiger partial charge in [0.05, 0.1) is 27.7 Å².